The third-order valence-electron chi connectivity index (χ3n) is 4.27. The Kier molecular flexibility index (Phi) is 3.53. The molecule has 1 aromatic rings. The van der Waals surface area contributed by atoms with Crippen LogP contribution in [0.1, 0.15) is 34.3 Å². The van der Waals surface area contributed by atoms with Gasteiger partial charge in [0.05, 0.1) is 0 Å². The van der Waals surface area contributed by atoms with Gasteiger partial charge in [0.15, 0.2) is 0 Å². The highest BCUT2D eigenvalue weighted by Gasteiger charge is 2.21. The highest BCUT2D eigenvalue weighted by atomic mass is 16.1. The van der Waals surface area contributed by atoms with Gasteiger partial charge in [-0.3, -0.25) is 4.79 Å². The lowest BCUT2D eigenvalue weighted by Gasteiger charge is -2.19. The van der Waals surface area contributed by atoms with Crippen molar-refractivity contribution >= 4 is 5.91 Å². The minimum Gasteiger partial charge on any atom is -0.350 e. The second kappa shape index (κ2) is 5.31. The molecule has 1 saturated heterocycles. The fourth-order valence-electron chi connectivity index (χ4n) is 2.99. The quantitative estimate of drug-likeness (QED) is 0.855. The van der Waals surface area contributed by atoms with Crippen LogP contribution in [-0.2, 0) is 13.1 Å². The molecule has 1 amide bonds. The summed E-state index contributed by atoms with van der Waals surface area (Å²) >= 11 is 0. The van der Waals surface area contributed by atoms with Crippen LogP contribution in [0.15, 0.2) is 18.2 Å². The van der Waals surface area contributed by atoms with E-state index in [0.717, 1.165) is 31.7 Å². The van der Waals surface area contributed by atoms with E-state index in [1.165, 1.54) is 24.0 Å². The SMILES string of the molecule is CN1CCCC1CNC(=O)c1ccc2c(c1)CNC2. The van der Waals surface area contributed by atoms with Gasteiger partial charge in [-0.25, -0.2) is 0 Å². The number of nitrogens with zero attached hydrogens (tertiary/aromatic N) is 1. The number of fused-ring (bicyclic) bond motifs is 1. The molecular weight excluding hydrogens is 238 g/mol. The summed E-state index contributed by atoms with van der Waals surface area (Å²) in [7, 11) is 2.13. The number of hydrogen-bond donors (Lipinski definition) is 2. The summed E-state index contributed by atoms with van der Waals surface area (Å²) in [5, 5.41) is 6.36. The maximum Gasteiger partial charge on any atom is 0.251 e. The first kappa shape index (κ1) is 12.6. The molecule has 0 spiro atoms. The van der Waals surface area contributed by atoms with Crippen molar-refractivity contribution in [3.05, 3.63) is 34.9 Å². The van der Waals surface area contributed by atoms with Crippen molar-refractivity contribution in [1.82, 2.24) is 15.5 Å². The lowest BCUT2D eigenvalue weighted by atomic mass is 10.1. The molecule has 1 fully saturated rings. The molecule has 1 atom stereocenters. The number of benzene rings is 1. The van der Waals surface area contributed by atoms with Crippen LogP contribution in [0.2, 0.25) is 0 Å². The van der Waals surface area contributed by atoms with Gasteiger partial charge in [-0.1, -0.05) is 6.07 Å². The zero-order valence-corrected chi connectivity index (χ0v) is 11.4. The predicted octanol–water partition coefficient (Wildman–Crippen LogP) is 1.11. The molecule has 0 radical (unpaired) electrons. The summed E-state index contributed by atoms with van der Waals surface area (Å²) in [6.07, 6.45) is 2.42. The topological polar surface area (TPSA) is 44.4 Å². The van der Waals surface area contributed by atoms with Gasteiger partial charge in [0.2, 0.25) is 0 Å². The van der Waals surface area contributed by atoms with Crippen LogP contribution in [-0.4, -0.2) is 37.0 Å². The van der Waals surface area contributed by atoms with E-state index in [2.05, 4.69) is 28.6 Å². The molecule has 0 bridgehead atoms. The maximum atomic E-state index is 12.2. The highest BCUT2D eigenvalue weighted by molar-refractivity contribution is 5.94. The number of nitrogens with one attached hydrogen (secondary N) is 2. The van der Waals surface area contributed by atoms with E-state index in [1.54, 1.807) is 0 Å². The average molecular weight is 259 g/mol. The van der Waals surface area contributed by atoms with Crippen LogP contribution in [0.3, 0.4) is 0 Å². The first-order valence-electron chi connectivity index (χ1n) is 7.05. The fraction of sp³-hybridized carbons (Fsp3) is 0.533. The number of likely N-dealkylation sites (N-methyl/N-ethyl adjacent to an activating group) is 1. The van der Waals surface area contributed by atoms with Gasteiger partial charge in [-0.2, -0.15) is 0 Å². The van der Waals surface area contributed by atoms with E-state index in [0.29, 0.717) is 6.04 Å². The van der Waals surface area contributed by atoms with Crippen LogP contribution < -0.4 is 10.6 Å². The summed E-state index contributed by atoms with van der Waals surface area (Å²) in [6.45, 7) is 3.70. The zero-order chi connectivity index (χ0) is 13.2. The predicted molar refractivity (Wildman–Crippen MR) is 75.0 cm³/mol. The zero-order valence-electron chi connectivity index (χ0n) is 11.4. The van der Waals surface area contributed by atoms with E-state index >= 15 is 0 Å². The van der Waals surface area contributed by atoms with E-state index in [9.17, 15) is 4.79 Å². The standard InChI is InChI=1S/C15H21N3O/c1-18-6-2-3-14(18)10-17-15(19)11-4-5-12-8-16-9-13(12)7-11/h4-5,7,14,16H,2-3,6,8-10H2,1H3,(H,17,19). The monoisotopic (exact) mass is 259 g/mol. The largest absolute Gasteiger partial charge is 0.350 e. The minimum atomic E-state index is 0.0509. The molecule has 1 unspecified atom stereocenters. The molecule has 1 aromatic carbocycles. The van der Waals surface area contributed by atoms with Crippen molar-refractivity contribution < 1.29 is 4.79 Å². The summed E-state index contributed by atoms with van der Waals surface area (Å²) < 4.78 is 0. The number of likely N-dealkylation sites (tertiary alicyclic amines) is 1. The van der Waals surface area contributed by atoms with Crippen LogP contribution >= 0.6 is 0 Å². The molecule has 2 aliphatic heterocycles. The smallest absolute Gasteiger partial charge is 0.251 e. The number of carbonyl (C=O) groups excluding carboxylic acids is 1. The highest BCUT2D eigenvalue weighted by Crippen LogP contribution is 2.17. The molecule has 2 N–H and O–H groups in total. The van der Waals surface area contributed by atoms with Crippen LogP contribution in [0.25, 0.3) is 0 Å². The van der Waals surface area contributed by atoms with Gasteiger partial charge in [0.1, 0.15) is 0 Å². The summed E-state index contributed by atoms with van der Waals surface area (Å²) in [5.41, 5.74) is 3.35. The Bertz CT molecular complexity index is 486. The molecule has 3 rings (SSSR count). The lowest BCUT2D eigenvalue weighted by molar-refractivity contribution is 0.0943. The van der Waals surface area contributed by atoms with E-state index in [-0.39, 0.29) is 5.91 Å². The molecular formula is C15H21N3O. The summed E-state index contributed by atoms with van der Waals surface area (Å²) in [6, 6.07) is 6.51. The van der Waals surface area contributed by atoms with Crippen molar-refractivity contribution in [3.63, 3.8) is 0 Å². The third-order valence-corrected chi connectivity index (χ3v) is 4.27. The van der Waals surface area contributed by atoms with Crippen LogP contribution in [0.5, 0.6) is 0 Å². The first-order chi connectivity index (χ1) is 9.24. The molecule has 19 heavy (non-hydrogen) atoms. The first-order valence-corrected chi connectivity index (χ1v) is 7.05. The summed E-state index contributed by atoms with van der Waals surface area (Å²) in [4.78, 5) is 14.5. The van der Waals surface area contributed by atoms with Crippen molar-refractivity contribution in [2.75, 3.05) is 20.1 Å². The maximum absolute atomic E-state index is 12.2. The van der Waals surface area contributed by atoms with Gasteiger partial charge in [0.25, 0.3) is 5.91 Å². The second-order valence-corrected chi connectivity index (χ2v) is 5.57. The molecule has 0 aromatic heterocycles. The number of carbonyl (C=O) groups is 1. The number of hydrogen-bond acceptors (Lipinski definition) is 3. The van der Waals surface area contributed by atoms with Gasteiger partial charge in [-0.15, -0.1) is 0 Å². The average Bonchev–Trinajstić information content (AvgIpc) is 3.03. The van der Waals surface area contributed by atoms with Crippen LogP contribution in [0.4, 0.5) is 0 Å². The third kappa shape index (κ3) is 2.65. The normalized spacial score (nSPS) is 22.5. The van der Waals surface area contributed by atoms with Gasteiger partial charge in [-0.05, 0) is 49.7 Å². The molecule has 0 aliphatic carbocycles. The number of amides is 1. The van der Waals surface area contributed by atoms with Gasteiger partial charge in [0, 0.05) is 31.2 Å². The van der Waals surface area contributed by atoms with Gasteiger partial charge >= 0.3 is 0 Å². The lowest BCUT2D eigenvalue weighted by Crippen LogP contribution is -2.38. The minimum absolute atomic E-state index is 0.0509. The Hall–Kier alpha value is -1.39. The van der Waals surface area contributed by atoms with Crippen molar-refractivity contribution in [2.24, 2.45) is 0 Å². The Balaban J connectivity index is 1.61. The molecule has 4 heteroatoms. The van der Waals surface area contributed by atoms with E-state index < -0.39 is 0 Å². The van der Waals surface area contributed by atoms with Gasteiger partial charge < -0.3 is 15.5 Å². The molecule has 2 aliphatic rings. The van der Waals surface area contributed by atoms with Crippen molar-refractivity contribution in [3.8, 4) is 0 Å². The van der Waals surface area contributed by atoms with E-state index in [1.807, 2.05) is 12.1 Å². The Labute approximate surface area is 114 Å². The van der Waals surface area contributed by atoms with E-state index in [4.69, 9.17) is 0 Å². The molecule has 102 valence electrons. The van der Waals surface area contributed by atoms with Crippen molar-refractivity contribution in [2.45, 2.75) is 32.0 Å². The Morgan fingerprint density at radius 3 is 3.05 bits per heavy atom. The van der Waals surface area contributed by atoms with Crippen molar-refractivity contribution in [1.29, 1.82) is 0 Å². The molecule has 0 saturated carbocycles. The fourth-order valence-corrected chi connectivity index (χ4v) is 2.99. The molecule has 2 heterocycles. The summed E-state index contributed by atoms with van der Waals surface area (Å²) in [5.74, 6) is 0.0509. The Morgan fingerprint density at radius 1 is 1.42 bits per heavy atom. The second-order valence-electron chi connectivity index (χ2n) is 5.57. The molecule has 4 nitrogen and oxygen atoms in total. The number of rotatable bonds is 3. The van der Waals surface area contributed by atoms with Crippen LogP contribution in [0, 0.1) is 0 Å². The Morgan fingerprint density at radius 2 is 2.26 bits per heavy atom.